The molecule has 1 heterocycles. The van der Waals surface area contributed by atoms with Crippen LogP contribution in [0.3, 0.4) is 0 Å². The molecule has 0 aliphatic carbocycles. The van der Waals surface area contributed by atoms with Crippen LogP contribution >= 0.6 is 0 Å². The monoisotopic (exact) mass is 218 g/mol. The zero-order valence-corrected chi connectivity index (χ0v) is 8.96. The summed E-state index contributed by atoms with van der Waals surface area (Å²) >= 11 is 0. The molecule has 5 atom stereocenters. The van der Waals surface area contributed by atoms with E-state index >= 15 is 0 Å². The maximum absolute atomic E-state index is 9.72. The highest BCUT2D eigenvalue weighted by Gasteiger charge is 2.50. The summed E-state index contributed by atoms with van der Waals surface area (Å²) in [4.78, 5) is 0. The molecule has 0 amide bonds. The minimum Gasteiger partial charge on any atom is -0.387 e. The Kier molecular flexibility index (Phi) is 3.86. The molecular formula is C10H18O5. The second-order valence-electron chi connectivity index (χ2n) is 3.95. The Bertz CT molecular complexity index is 232. The summed E-state index contributed by atoms with van der Waals surface area (Å²) in [6.45, 7) is 5.27. The fourth-order valence-electron chi connectivity index (χ4n) is 1.96. The van der Waals surface area contributed by atoms with Gasteiger partial charge in [-0.3, -0.25) is 0 Å². The molecule has 1 aliphatic heterocycles. The van der Waals surface area contributed by atoms with Gasteiger partial charge in [-0.15, -0.1) is 6.58 Å². The Morgan fingerprint density at radius 3 is 2.47 bits per heavy atom. The first kappa shape index (κ1) is 12.6. The van der Waals surface area contributed by atoms with Crippen LogP contribution in [0.25, 0.3) is 0 Å². The van der Waals surface area contributed by atoms with E-state index < -0.39 is 30.2 Å². The molecule has 0 aromatic heterocycles. The molecule has 0 saturated carbocycles. The smallest absolute Gasteiger partial charge is 0.184 e. The van der Waals surface area contributed by atoms with Gasteiger partial charge in [0, 0.05) is 7.11 Å². The first-order valence-electron chi connectivity index (χ1n) is 4.82. The number of aliphatic hydroxyl groups is 3. The summed E-state index contributed by atoms with van der Waals surface area (Å²) in [6.07, 6.45) is -2.61. The largest absolute Gasteiger partial charge is 0.387 e. The van der Waals surface area contributed by atoms with E-state index in [1.165, 1.54) is 7.11 Å². The highest BCUT2D eigenvalue weighted by molar-refractivity contribution is 5.00. The minimum atomic E-state index is -1.41. The molecule has 0 radical (unpaired) electrons. The van der Waals surface area contributed by atoms with Gasteiger partial charge in [0.05, 0.1) is 0 Å². The fourth-order valence-corrected chi connectivity index (χ4v) is 1.96. The summed E-state index contributed by atoms with van der Waals surface area (Å²) in [6, 6.07) is 0. The van der Waals surface area contributed by atoms with E-state index in [0.717, 1.165) is 0 Å². The lowest BCUT2D eigenvalue weighted by atomic mass is 9.85. The molecule has 1 saturated heterocycles. The molecule has 0 spiro atoms. The van der Waals surface area contributed by atoms with Crippen molar-refractivity contribution in [2.75, 3.05) is 7.11 Å². The van der Waals surface area contributed by atoms with Crippen LogP contribution in [0.1, 0.15) is 13.3 Å². The van der Waals surface area contributed by atoms with Crippen molar-refractivity contribution < 1.29 is 24.8 Å². The highest BCUT2D eigenvalue weighted by Crippen LogP contribution is 2.33. The third-order valence-electron chi connectivity index (χ3n) is 2.75. The van der Waals surface area contributed by atoms with Crippen LogP contribution in [0.2, 0.25) is 0 Å². The van der Waals surface area contributed by atoms with Crippen LogP contribution in [-0.4, -0.2) is 52.6 Å². The van der Waals surface area contributed by atoms with Gasteiger partial charge in [-0.05, 0) is 13.3 Å². The molecule has 1 fully saturated rings. The number of hydrogen-bond acceptors (Lipinski definition) is 5. The zero-order chi connectivity index (χ0) is 11.6. The zero-order valence-electron chi connectivity index (χ0n) is 8.96. The first-order valence-corrected chi connectivity index (χ1v) is 4.82. The summed E-state index contributed by atoms with van der Waals surface area (Å²) in [5.74, 6) is 0. The van der Waals surface area contributed by atoms with Crippen molar-refractivity contribution in [1.29, 1.82) is 0 Å². The van der Waals surface area contributed by atoms with Gasteiger partial charge >= 0.3 is 0 Å². The molecule has 0 aromatic carbocycles. The van der Waals surface area contributed by atoms with E-state index in [2.05, 4.69) is 6.58 Å². The summed E-state index contributed by atoms with van der Waals surface area (Å²) in [5, 5.41) is 28.5. The predicted octanol–water partition coefficient (Wildman–Crippen LogP) is -0.593. The van der Waals surface area contributed by atoms with Gasteiger partial charge in [0.25, 0.3) is 0 Å². The molecule has 0 bridgehead atoms. The predicted molar refractivity (Wildman–Crippen MR) is 53.1 cm³/mol. The van der Waals surface area contributed by atoms with Crippen molar-refractivity contribution in [1.82, 2.24) is 0 Å². The van der Waals surface area contributed by atoms with E-state index in [-0.39, 0.29) is 0 Å². The maximum atomic E-state index is 9.72. The maximum Gasteiger partial charge on any atom is 0.184 e. The van der Waals surface area contributed by atoms with Gasteiger partial charge in [-0.1, -0.05) is 6.08 Å². The second-order valence-corrected chi connectivity index (χ2v) is 3.95. The van der Waals surface area contributed by atoms with Crippen molar-refractivity contribution in [3.05, 3.63) is 12.7 Å². The van der Waals surface area contributed by atoms with E-state index in [0.29, 0.717) is 6.42 Å². The Morgan fingerprint density at radius 2 is 2.00 bits per heavy atom. The van der Waals surface area contributed by atoms with E-state index in [1.807, 2.05) is 0 Å². The van der Waals surface area contributed by atoms with Crippen LogP contribution in [0.4, 0.5) is 0 Å². The number of rotatable bonds is 3. The standard InChI is InChI=1S/C10H18O5/c1-4-5-10(2)8(14-3)6(11)7(12)9(13)15-10/h4,6-9,11-13H,1,5H2,2-3H3. The lowest BCUT2D eigenvalue weighted by Crippen LogP contribution is -2.63. The fraction of sp³-hybridized carbons (Fsp3) is 0.800. The van der Waals surface area contributed by atoms with Crippen molar-refractivity contribution in [2.45, 2.75) is 43.5 Å². The van der Waals surface area contributed by atoms with E-state index in [1.54, 1.807) is 13.0 Å². The number of hydrogen-bond donors (Lipinski definition) is 3. The molecule has 5 nitrogen and oxygen atoms in total. The molecule has 88 valence electrons. The Labute approximate surface area is 88.9 Å². The van der Waals surface area contributed by atoms with Gasteiger partial charge in [0.1, 0.15) is 23.9 Å². The first-order chi connectivity index (χ1) is 6.96. The summed E-state index contributed by atoms with van der Waals surface area (Å²) < 4.78 is 10.3. The van der Waals surface area contributed by atoms with Crippen LogP contribution in [0.15, 0.2) is 12.7 Å². The van der Waals surface area contributed by atoms with E-state index in [9.17, 15) is 15.3 Å². The highest BCUT2D eigenvalue weighted by atomic mass is 16.7. The average molecular weight is 218 g/mol. The van der Waals surface area contributed by atoms with Crippen LogP contribution < -0.4 is 0 Å². The number of aliphatic hydroxyl groups excluding tert-OH is 3. The van der Waals surface area contributed by atoms with Crippen LogP contribution in [-0.2, 0) is 9.47 Å². The topological polar surface area (TPSA) is 79.2 Å². The third kappa shape index (κ3) is 2.21. The lowest BCUT2D eigenvalue weighted by molar-refractivity contribution is -0.318. The Morgan fingerprint density at radius 1 is 1.40 bits per heavy atom. The van der Waals surface area contributed by atoms with Gasteiger partial charge in [-0.25, -0.2) is 0 Å². The molecule has 15 heavy (non-hydrogen) atoms. The van der Waals surface area contributed by atoms with Gasteiger partial charge in [0.15, 0.2) is 6.29 Å². The molecular weight excluding hydrogens is 200 g/mol. The van der Waals surface area contributed by atoms with Crippen molar-refractivity contribution in [2.24, 2.45) is 0 Å². The van der Waals surface area contributed by atoms with Gasteiger partial charge in [-0.2, -0.15) is 0 Å². The van der Waals surface area contributed by atoms with Gasteiger partial charge in [0.2, 0.25) is 0 Å². The normalized spacial score (nSPS) is 46.5. The van der Waals surface area contributed by atoms with Crippen molar-refractivity contribution >= 4 is 0 Å². The van der Waals surface area contributed by atoms with Crippen LogP contribution in [0, 0.1) is 0 Å². The van der Waals surface area contributed by atoms with Crippen LogP contribution in [0.5, 0.6) is 0 Å². The SMILES string of the molecule is C=CCC1(C)OC(O)C(O)C(O)C1OC. The lowest BCUT2D eigenvalue weighted by Gasteiger charge is -2.46. The molecule has 5 heteroatoms. The molecule has 3 N–H and O–H groups in total. The molecule has 5 unspecified atom stereocenters. The molecule has 1 rings (SSSR count). The van der Waals surface area contributed by atoms with Gasteiger partial charge < -0.3 is 24.8 Å². The molecule has 0 aromatic rings. The third-order valence-corrected chi connectivity index (χ3v) is 2.75. The Hall–Kier alpha value is -0.460. The quantitative estimate of drug-likeness (QED) is 0.552. The summed E-state index contributed by atoms with van der Waals surface area (Å²) in [5.41, 5.74) is -0.880. The second kappa shape index (κ2) is 4.59. The summed E-state index contributed by atoms with van der Waals surface area (Å²) in [7, 11) is 1.42. The number of ether oxygens (including phenoxy) is 2. The van der Waals surface area contributed by atoms with Crippen molar-refractivity contribution in [3.8, 4) is 0 Å². The molecule has 1 aliphatic rings. The Balaban J connectivity index is 2.90. The van der Waals surface area contributed by atoms with Crippen molar-refractivity contribution in [3.63, 3.8) is 0 Å². The van der Waals surface area contributed by atoms with E-state index in [4.69, 9.17) is 9.47 Å². The average Bonchev–Trinajstić information content (AvgIpc) is 2.15. The number of methoxy groups -OCH3 is 1. The minimum absolute atomic E-state index is 0.409.